The minimum absolute atomic E-state index is 0.0179. The number of sulfonamides is 1. The molecule has 1 aliphatic rings. The van der Waals surface area contributed by atoms with Crippen LogP contribution >= 0.6 is 0 Å². The molecule has 0 aliphatic heterocycles. The lowest BCUT2D eigenvalue weighted by atomic mass is 9.97. The summed E-state index contributed by atoms with van der Waals surface area (Å²) in [5.41, 5.74) is 3.00. The first-order chi connectivity index (χ1) is 15.3. The van der Waals surface area contributed by atoms with Crippen LogP contribution in [0, 0.1) is 6.92 Å². The van der Waals surface area contributed by atoms with E-state index in [1.165, 1.54) is 42.7 Å². The van der Waals surface area contributed by atoms with Crippen molar-refractivity contribution in [2.45, 2.75) is 43.9 Å². The SMILES string of the molecule is Cc1ccc(NS(=O)(=O)c2ccc(C(=O)OCC(=O)NCCC3=CCCCC3)cc2)cc1. The number of amides is 1. The lowest BCUT2D eigenvalue weighted by molar-refractivity contribution is -0.124. The molecule has 0 saturated carbocycles. The van der Waals surface area contributed by atoms with E-state index in [2.05, 4.69) is 16.1 Å². The highest BCUT2D eigenvalue weighted by Crippen LogP contribution is 2.19. The Morgan fingerprint density at radius 3 is 2.38 bits per heavy atom. The van der Waals surface area contributed by atoms with Gasteiger partial charge in [-0.05, 0) is 75.4 Å². The van der Waals surface area contributed by atoms with Crippen LogP contribution in [0.5, 0.6) is 0 Å². The number of benzene rings is 2. The van der Waals surface area contributed by atoms with Crippen molar-refractivity contribution in [3.8, 4) is 0 Å². The molecule has 2 N–H and O–H groups in total. The number of aryl methyl sites for hydroxylation is 1. The van der Waals surface area contributed by atoms with Crippen LogP contribution in [-0.4, -0.2) is 33.4 Å². The quantitative estimate of drug-likeness (QED) is 0.439. The van der Waals surface area contributed by atoms with Crippen molar-refractivity contribution in [1.82, 2.24) is 5.32 Å². The van der Waals surface area contributed by atoms with Crippen molar-refractivity contribution in [3.63, 3.8) is 0 Å². The molecule has 1 amide bonds. The van der Waals surface area contributed by atoms with E-state index in [1.807, 2.05) is 6.92 Å². The van der Waals surface area contributed by atoms with Crippen LogP contribution in [0.1, 0.15) is 48.0 Å². The van der Waals surface area contributed by atoms with Crippen molar-refractivity contribution in [1.29, 1.82) is 0 Å². The molecule has 8 heteroatoms. The number of allylic oxidation sites excluding steroid dienone is 1. The minimum Gasteiger partial charge on any atom is -0.452 e. The first-order valence-corrected chi connectivity index (χ1v) is 12.1. The van der Waals surface area contributed by atoms with E-state index in [9.17, 15) is 18.0 Å². The van der Waals surface area contributed by atoms with Crippen molar-refractivity contribution < 1.29 is 22.7 Å². The number of rotatable bonds is 9. The van der Waals surface area contributed by atoms with E-state index in [1.54, 1.807) is 24.3 Å². The molecule has 0 fully saturated rings. The summed E-state index contributed by atoms with van der Waals surface area (Å²) in [5, 5.41) is 2.75. The van der Waals surface area contributed by atoms with Gasteiger partial charge in [0.25, 0.3) is 15.9 Å². The molecule has 7 nitrogen and oxygen atoms in total. The zero-order chi connectivity index (χ0) is 23.0. The molecule has 0 bridgehead atoms. The molecule has 0 unspecified atom stereocenters. The highest BCUT2D eigenvalue weighted by Gasteiger charge is 2.16. The Kier molecular flexibility index (Phi) is 8.05. The molecular formula is C24H28N2O5S. The van der Waals surface area contributed by atoms with Crippen molar-refractivity contribution in [2.24, 2.45) is 0 Å². The van der Waals surface area contributed by atoms with Gasteiger partial charge in [-0.3, -0.25) is 9.52 Å². The van der Waals surface area contributed by atoms with E-state index < -0.39 is 16.0 Å². The average Bonchev–Trinajstić information content (AvgIpc) is 2.79. The van der Waals surface area contributed by atoms with Crippen LogP contribution in [0.25, 0.3) is 0 Å². The summed E-state index contributed by atoms with van der Waals surface area (Å²) < 4.78 is 32.6. The van der Waals surface area contributed by atoms with Gasteiger partial charge in [-0.2, -0.15) is 0 Å². The highest BCUT2D eigenvalue weighted by atomic mass is 32.2. The molecule has 2 aromatic rings. The second-order valence-electron chi connectivity index (χ2n) is 7.78. The third kappa shape index (κ3) is 6.95. The summed E-state index contributed by atoms with van der Waals surface area (Å²) in [7, 11) is -3.78. The lowest BCUT2D eigenvalue weighted by Crippen LogP contribution is -2.29. The maximum absolute atomic E-state index is 12.5. The maximum atomic E-state index is 12.5. The monoisotopic (exact) mass is 456 g/mol. The number of anilines is 1. The molecule has 0 radical (unpaired) electrons. The number of esters is 1. The van der Waals surface area contributed by atoms with Crippen LogP contribution < -0.4 is 10.0 Å². The van der Waals surface area contributed by atoms with Gasteiger partial charge in [-0.25, -0.2) is 13.2 Å². The van der Waals surface area contributed by atoms with E-state index >= 15 is 0 Å². The Bertz CT molecular complexity index is 1070. The molecule has 1 aliphatic carbocycles. The Balaban J connectivity index is 1.47. The summed E-state index contributed by atoms with van der Waals surface area (Å²) in [4.78, 5) is 24.1. The number of nitrogens with one attached hydrogen (secondary N) is 2. The van der Waals surface area contributed by atoms with Crippen LogP contribution in [0.3, 0.4) is 0 Å². The van der Waals surface area contributed by atoms with Crippen LogP contribution in [0.4, 0.5) is 5.69 Å². The fourth-order valence-corrected chi connectivity index (χ4v) is 4.42. The molecular weight excluding hydrogens is 428 g/mol. The van der Waals surface area contributed by atoms with E-state index in [-0.39, 0.29) is 23.0 Å². The number of hydrogen-bond acceptors (Lipinski definition) is 5. The molecule has 0 saturated heterocycles. The summed E-state index contributed by atoms with van der Waals surface area (Å²) in [5.74, 6) is -1.05. The fourth-order valence-electron chi connectivity index (χ4n) is 3.37. The lowest BCUT2D eigenvalue weighted by Gasteiger charge is -2.13. The molecule has 170 valence electrons. The third-order valence-electron chi connectivity index (χ3n) is 5.19. The number of ether oxygens (including phenoxy) is 1. The van der Waals surface area contributed by atoms with E-state index in [0.29, 0.717) is 12.2 Å². The predicted molar refractivity (Wildman–Crippen MR) is 123 cm³/mol. The van der Waals surface area contributed by atoms with Gasteiger partial charge in [0.15, 0.2) is 6.61 Å². The van der Waals surface area contributed by atoms with Crippen LogP contribution in [-0.2, 0) is 19.6 Å². The van der Waals surface area contributed by atoms with Gasteiger partial charge in [0, 0.05) is 12.2 Å². The zero-order valence-corrected chi connectivity index (χ0v) is 18.9. The number of carbonyl (C=O) groups excluding carboxylic acids is 2. The molecule has 0 spiro atoms. The molecule has 0 aromatic heterocycles. The molecule has 32 heavy (non-hydrogen) atoms. The average molecular weight is 457 g/mol. The van der Waals surface area contributed by atoms with Gasteiger partial charge >= 0.3 is 5.97 Å². The normalized spacial score (nSPS) is 13.7. The fraction of sp³-hybridized carbons (Fsp3) is 0.333. The van der Waals surface area contributed by atoms with Gasteiger partial charge in [0.05, 0.1) is 10.5 Å². The Hall–Kier alpha value is -3.13. The second kappa shape index (κ2) is 10.9. The van der Waals surface area contributed by atoms with Gasteiger partial charge in [-0.1, -0.05) is 29.3 Å². The molecule has 0 atom stereocenters. The Morgan fingerprint density at radius 1 is 1.00 bits per heavy atom. The minimum atomic E-state index is -3.78. The second-order valence-corrected chi connectivity index (χ2v) is 9.46. The van der Waals surface area contributed by atoms with Gasteiger partial charge in [0.1, 0.15) is 0 Å². The van der Waals surface area contributed by atoms with E-state index in [0.717, 1.165) is 24.8 Å². The summed E-state index contributed by atoms with van der Waals surface area (Å²) in [6, 6.07) is 12.3. The van der Waals surface area contributed by atoms with Crippen molar-refractivity contribution in [2.75, 3.05) is 17.9 Å². The van der Waals surface area contributed by atoms with Crippen LogP contribution in [0.15, 0.2) is 65.1 Å². The van der Waals surface area contributed by atoms with E-state index in [4.69, 9.17) is 4.74 Å². The first kappa shape index (κ1) is 23.5. The van der Waals surface area contributed by atoms with Crippen molar-refractivity contribution in [3.05, 3.63) is 71.3 Å². The molecule has 2 aromatic carbocycles. The first-order valence-electron chi connectivity index (χ1n) is 10.6. The molecule has 0 heterocycles. The Labute approximate surface area is 188 Å². The smallest absolute Gasteiger partial charge is 0.338 e. The van der Waals surface area contributed by atoms with Gasteiger partial charge in [0.2, 0.25) is 0 Å². The maximum Gasteiger partial charge on any atom is 0.338 e. The summed E-state index contributed by atoms with van der Waals surface area (Å²) >= 11 is 0. The summed E-state index contributed by atoms with van der Waals surface area (Å²) in [6.07, 6.45) is 7.64. The largest absolute Gasteiger partial charge is 0.452 e. The number of hydrogen-bond donors (Lipinski definition) is 2. The standard InChI is InChI=1S/C24H28N2O5S/c1-18-7-11-21(12-8-18)26-32(29,30)22-13-9-20(10-14-22)24(28)31-17-23(27)25-16-15-19-5-3-2-4-6-19/h5,7-14,26H,2-4,6,15-17H2,1H3,(H,25,27). The van der Waals surface area contributed by atoms with Gasteiger partial charge in [-0.15, -0.1) is 0 Å². The topological polar surface area (TPSA) is 102 Å². The Morgan fingerprint density at radius 2 is 1.72 bits per heavy atom. The third-order valence-corrected chi connectivity index (χ3v) is 6.59. The highest BCUT2D eigenvalue weighted by molar-refractivity contribution is 7.92. The van der Waals surface area contributed by atoms with Crippen LogP contribution in [0.2, 0.25) is 0 Å². The van der Waals surface area contributed by atoms with Gasteiger partial charge < -0.3 is 10.1 Å². The number of carbonyl (C=O) groups is 2. The summed E-state index contributed by atoms with van der Waals surface area (Å²) in [6.45, 7) is 2.05. The zero-order valence-electron chi connectivity index (χ0n) is 18.1. The molecule has 3 rings (SSSR count). The predicted octanol–water partition coefficient (Wildman–Crippen LogP) is 3.96. The van der Waals surface area contributed by atoms with Crippen molar-refractivity contribution >= 4 is 27.6 Å².